The summed E-state index contributed by atoms with van der Waals surface area (Å²) in [5.41, 5.74) is 2.94. The number of aromatic nitrogens is 1. The Bertz CT molecular complexity index is 506. The van der Waals surface area contributed by atoms with E-state index in [0.717, 1.165) is 16.7 Å². The summed E-state index contributed by atoms with van der Waals surface area (Å²) in [6, 6.07) is 11.4. The Morgan fingerprint density at radius 2 is 1.94 bits per heavy atom. The zero-order chi connectivity index (χ0) is 12.1. The van der Waals surface area contributed by atoms with Gasteiger partial charge in [-0.25, -0.2) is 0 Å². The summed E-state index contributed by atoms with van der Waals surface area (Å²) in [6.07, 6.45) is 5.26. The first-order valence-electron chi connectivity index (χ1n) is 5.28. The third kappa shape index (κ3) is 2.93. The number of pyridine rings is 1. The molecule has 0 aliphatic rings. The quantitative estimate of drug-likeness (QED) is 0.901. The molecule has 1 aromatic carbocycles. The molecule has 0 radical (unpaired) electrons. The van der Waals surface area contributed by atoms with Gasteiger partial charge in [0.2, 0.25) is 0 Å². The molecule has 1 aromatic heterocycles. The summed E-state index contributed by atoms with van der Waals surface area (Å²) in [4.78, 5) is 4.08. The van der Waals surface area contributed by atoms with Crippen molar-refractivity contribution in [2.45, 2.75) is 0 Å². The van der Waals surface area contributed by atoms with Crippen molar-refractivity contribution in [1.29, 1.82) is 0 Å². The standard InChI is InChI=1S/C14H12ClNO/c15-13-5-3-11(4-6-13)14(7-9-17)12-2-1-8-16-10-12/h1-8,10,17H,9H2. The molecule has 2 aromatic rings. The van der Waals surface area contributed by atoms with E-state index in [1.807, 2.05) is 36.4 Å². The predicted molar refractivity (Wildman–Crippen MR) is 69.9 cm³/mol. The lowest BCUT2D eigenvalue weighted by atomic mass is 9.99. The van der Waals surface area contributed by atoms with Gasteiger partial charge in [0, 0.05) is 23.0 Å². The zero-order valence-electron chi connectivity index (χ0n) is 9.18. The van der Waals surface area contributed by atoms with Gasteiger partial charge >= 0.3 is 0 Å². The minimum absolute atomic E-state index is 0.00709. The van der Waals surface area contributed by atoms with Gasteiger partial charge in [-0.05, 0) is 29.3 Å². The van der Waals surface area contributed by atoms with Crippen LogP contribution in [0.15, 0.2) is 54.9 Å². The molecule has 0 aliphatic heterocycles. The lowest BCUT2D eigenvalue weighted by Gasteiger charge is -2.07. The van der Waals surface area contributed by atoms with Crippen molar-refractivity contribution < 1.29 is 5.11 Å². The van der Waals surface area contributed by atoms with Crippen LogP contribution < -0.4 is 0 Å². The van der Waals surface area contributed by atoms with Gasteiger partial charge in [0.15, 0.2) is 0 Å². The Kier molecular flexibility index (Phi) is 3.91. The average molecular weight is 246 g/mol. The average Bonchev–Trinajstić information content (AvgIpc) is 2.38. The monoisotopic (exact) mass is 245 g/mol. The van der Waals surface area contributed by atoms with E-state index in [0.29, 0.717) is 5.02 Å². The summed E-state index contributed by atoms with van der Waals surface area (Å²) in [6.45, 7) is -0.00709. The highest BCUT2D eigenvalue weighted by Crippen LogP contribution is 2.23. The molecule has 0 saturated carbocycles. The molecular weight excluding hydrogens is 234 g/mol. The molecule has 2 rings (SSSR count). The van der Waals surface area contributed by atoms with Crippen LogP contribution in [0.1, 0.15) is 11.1 Å². The summed E-state index contributed by atoms with van der Waals surface area (Å²) >= 11 is 5.86. The van der Waals surface area contributed by atoms with Crippen molar-refractivity contribution in [3.63, 3.8) is 0 Å². The van der Waals surface area contributed by atoms with E-state index in [1.54, 1.807) is 18.5 Å². The fourth-order valence-corrected chi connectivity index (χ4v) is 1.77. The highest BCUT2D eigenvalue weighted by molar-refractivity contribution is 6.30. The molecule has 0 atom stereocenters. The van der Waals surface area contributed by atoms with Crippen molar-refractivity contribution in [2.24, 2.45) is 0 Å². The van der Waals surface area contributed by atoms with Gasteiger partial charge in [-0.1, -0.05) is 35.9 Å². The van der Waals surface area contributed by atoms with E-state index >= 15 is 0 Å². The van der Waals surface area contributed by atoms with Crippen LogP contribution in [0.2, 0.25) is 5.02 Å². The second kappa shape index (κ2) is 5.62. The van der Waals surface area contributed by atoms with Crippen LogP contribution in [0.25, 0.3) is 5.57 Å². The van der Waals surface area contributed by atoms with E-state index in [-0.39, 0.29) is 6.61 Å². The van der Waals surface area contributed by atoms with Crippen LogP contribution >= 0.6 is 11.6 Å². The van der Waals surface area contributed by atoms with Crippen LogP contribution in [-0.2, 0) is 0 Å². The van der Waals surface area contributed by atoms with Gasteiger partial charge in [0.25, 0.3) is 0 Å². The molecule has 17 heavy (non-hydrogen) atoms. The molecule has 0 fully saturated rings. The van der Waals surface area contributed by atoms with E-state index in [2.05, 4.69) is 4.98 Å². The number of aliphatic hydroxyl groups is 1. The maximum Gasteiger partial charge on any atom is 0.0621 e. The van der Waals surface area contributed by atoms with Crippen molar-refractivity contribution in [2.75, 3.05) is 6.61 Å². The Morgan fingerprint density at radius 3 is 2.53 bits per heavy atom. The van der Waals surface area contributed by atoms with Gasteiger partial charge in [-0.15, -0.1) is 0 Å². The number of aliphatic hydroxyl groups excluding tert-OH is 1. The zero-order valence-corrected chi connectivity index (χ0v) is 9.93. The number of halogens is 1. The number of hydrogen-bond donors (Lipinski definition) is 1. The van der Waals surface area contributed by atoms with E-state index < -0.39 is 0 Å². The van der Waals surface area contributed by atoms with Crippen LogP contribution in [0.5, 0.6) is 0 Å². The fourth-order valence-electron chi connectivity index (χ4n) is 1.65. The predicted octanol–water partition coefficient (Wildman–Crippen LogP) is 3.16. The number of rotatable bonds is 3. The molecule has 2 nitrogen and oxygen atoms in total. The molecule has 0 unspecified atom stereocenters. The van der Waals surface area contributed by atoms with Crippen LogP contribution in [0, 0.1) is 0 Å². The van der Waals surface area contributed by atoms with Gasteiger partial charge in [-0.2, -0.15) is 0 Å². The lowest BCUT2D eigenvalue weighted by molar-refractivity contribution is 0.343. The maximum atomic E-state index is 9.09. The number of nitrogens with zero attached hydrogens (tertiary/aromatic N) is 1. The largest absolute Gasteiger partial charge is 0.392 e. The molecule has 1 N–H and O–H groups in total. The lowest BCUT2D eigenvalue weighted by Crippen LogP contribution is -1.90. The highest BCUT2D eigenvalue weighted by Gasteiger charge is 2.04. The fraction of sp³-hybridized carbons (Fsp3) is 0.0714. The summed E-state index contributed by atoms with van der Waals surface area (Å²) in [5.74, 6) is 0. The Hall–Kier alpha value is -1.64. The normalized spacial score (nSPS) is 11.5. The summed E-state index contributed by atoms with van der Waals surface area (Å²) in [7, 11) is 0. The van der Waals surface area contributed by atoms with Gasteiger partial charge in [0.05, 0.1) is 6.61 Å². The highest BCUT2D eigenvalue weighted by atomic mass is 35.5. The van der Waals surface area contributed by atoms with Crippen LogP contribution in [-0.4, -0.2) is 16.7 Å². The van der Waals surface area contributed by atoms with Gasteiger partial charge < -0.3 is 5.11 Å². The van der Waals surface area contributed by atoms with Crippen molar-refractivity contribution in [3.05, 3.63) is 71.0 Å². The molecule has 0 bridgehead atoms. The minimum atomic E-state index is -0.00709. The summed E-state index contributed by atoms with van der Waals surface area (Å²) in [5, 5.41) is 9.79. The number of benzene rings is 1. The van der Waals surface area contributed by atoms with Crippen molar-refractivity contribution in [1.82, 2.24) is 4.98 Å². The Labute approximate surface area is 105 Å². The van der Waals surface area contributed by atoms with Gasteiger partial charge in [0.1, 0.15) is 0 Å². The minimum Gasteiger partial charge on any atom is -0.392 e. The number of hydrogen-bond acceptors (Lipinski definition) is 2. The second-order valence-corrected chi connectivity index (χ2v) is 3.99. The molecule has 0 spiro atoms. The summed E-state index contributed by atoms with van der Waals surface area (Å²) < 4.78 is 0. The molecule has 0 saturated heterocycles. The Morgan fingerprint density at radius 1 is 1.18 bits per heavy atom. The molecule has 1 heterocycles. The van der Waals surface area contributed by atoms with E-state index in [9.17, 15) is 0 Å². The third-order valence-corrected chi connectivity index (χ3v) is 2.68. The molecule has 3 heteroatoms. The van der Waals surface area contributed by atoms with E-state index in [4.69, 9.17) is 16.7 Å². The van der Waals surface area contributed by atoms with Crippen LogP contribution in [0.3, 0.4) is 0 Å². The first-order valence-corrected chi connectivity index (χ1v) is 5.66. The Balaban J connectivity index is 2.44. The smallest absolute Gasteiger partial charge is 0.0621 e. The van der Waals surface area contributed by atoms with Gasteiger partial charge in [-0.3, -0.25) is 4.98 Å². The van der Waals surface area contributed by atoms with E-state index in [1.165, 1.54) is 0 Å². The topological polar surface area (TPSA) is 33.1 Å². The van der Waals surface area contributed by atoms with Crippen LogP contribution in [0.4, 0.5) is 0 Å². The van der Waals surface area contributed by atoms with Crippen molar-refractivity contribution >= 4 is 17.2 Å². The SMILES string of the molecule is OCC=C(c1ccc(Cl)cc1)c1cccnc1. The first-order chi connectivity index (χ1) is 8.31. The molecular formula is C14H12ClNO. The molecule has 0 aliphatic carbocycles. The molecule has 86 valence electrons. The third-order valence-electron chi connectivity index (χ3n) is 2.42. The van der Waals surface area contributed by atoms with Crippen molar-refractivity contribution in [3.8, 4) is 0 Å². The maximum absolute atomic E-state index is 9.09. The molecule has 0 amide bonds. The second-order valence-electron chi connectivity index (χ2n) is 3.55. The first kappa shape index (κ1) is 11.8.